The van der Waals surface area contributed by atoms with Crippen LogP contribution in [0.4, 0.5) is 15.8 Å². The van der Waals surface area contributed by atoms with Crippen molar-refractivity contribution >= 4 is 17.3 Å². The molecule has 0 radical (unpaired) electrons. The van der Waals surface area contributed by atoms with Crippen LogP contribution in [-0.4, -0.2) is 20.0 Å². The Labute approximate surface area is 111 Å². The lowest BCUT2D eigenvalue weighted by Crippen LogP contribution is -2.13. The number of amides is 1. The van der Waals surface area contributed by atoms with Gasteiger partial charge in [-0.15, -0.1) is 0 Å². The molecular weight excluding hydrogens is 243 g/mol. The molecule has 0 aliphatic carbocycles. The highest BCUT2D eigenvalue weighted by molar-refractivity contribution is 6.04. The normalized spacial score (nSPS) is 10.1. The van der Waals surface area contributed by atoms with E-state index in [0.717, 1.165) is 5.69 Å². The molecule has 0 bridgehead atoms. The molecule has 0 atom stereocenters. The third-order valence-electron chi connectivity index (χ3n) is 2.77. The third-order valence-corrected chi connectivity index (χ3v) is 2.77. The van der Waals surface area contributed by atoms with Gasteiger partial charge in [-0.2, -0.15) is 0 Å². The zero-order chi connectivity index (χ0) is 13.8. The van der Waals surface area contributed by atoms with Gasteiger partial charge < -0.3 is 10.2 Å². The first-order valence-electron chi connectivity index (χ1n) is 5.91. The van der Waals surface area contributed by atoms with E-state index in [-0.39, 0.29) is 11.6 Å². The van der Waals surface area contributed by atoms with E-state index >= 15 is 0 Å². The van der Waals surface area contributed by atoms with Crippen LogP contribution in [0.15, 0.2) is 48.5 Å². The van der Waals surface area contributed by atoms with E-state index in [9.17, 15) is 9.18 Å². The van der Waals surface area contributed by atoms with Crippen molar-refractivity contribution in [3.05, 3.63) is 59.9 Å². The van der Waals surface area contributed by atoms with E-state index < -0.39 is 5.82 Å². The minimum Gasteiger partial charge on any atom is -0.378 e. The van der Waals surface area contributed by atoms with Crippen LogP contribution in [0, 0.1) is 5.82 Å². The Morgan fingerprint density at radius 2 is 1.68 bits per heavy atom. The van der Waals surface area contributed by atoms with E-state index in [1.165, 1.54) is 12.1 Å². The quantitative estimate of drug-likeness (QED) is 0.917. The van der Waals surface area contributed by atoms with Crippen molar-refractivity contribution in [2.24, 2.45) is 0 Å². The number of para-hydroxylation sites is 1. The monoisotopic (exact) mass is 258 g/mol. The SMILES string of the molecule is CN(C)c1ccc(C(=O)Nc2ccccc2F)cc1. The molecule has 0 saturated heterocycles. The van der Waals surface area contributed by atoms with E-state index in [2.05, 4.69) is 5.32 Å². The minimum atomic E-state index is -0.444. The second kappa shape index (κ2) is 5.52. The van der Waals surface area contributed by atoms with Crippen molar-refractivity contribution in [2.45, 2.75) is 0 Å². The molecule has 1 N–H and O–H groups in total. The summed E-state index contributed by atoms with van der Waals surface area (Å²) < 4.78 is 13.4. The molecule has 1 amide bonds. The molecule has 2 aromatic rings. The number of anilines is 2. The van der Waals surface area contributed by atoms with Crippen LogP contribution in [0.25, 0.3) is 0 Å². The minimum absolute atomic E-state index is 0.184. The van der Waals surface area contributed by atoms with Gasteiger partial charge in [0.05, 0.1) is 5.69 Å². The molecular formula is C15H15FN2O. The summed E-state index contributed by atoms with van der Waals surface area (Å²) in [5.41, 5.74) is 1.68. The van der Waals surface area contributed by atoms with Gasteiger partial charge in [0.2, 0.25) is 0 Å². The first-order chi connectivity index (χ1) is 9.08. The summed E-state index contributed by atoms with van der Waals surface area (Å²) in [6.45, 7) is 0. The molecule has 0 aromatic heterocycles. The van der Waals surface area contributed by atoms with E-state index in [0.29, 0.717) is 5.56 Å². The highest BCUT2D eigenvalue weighted by Gasteiger charge is 2.08. The Kier molecular flexibility index (Phi) is 3.80. The van der Waals surface area contributed by atoms with Gasteiger partial charge in [0.25, 0.3) is 5.91 Å². The summed E-state index contributed by atoms with van der Waals surface area (Å²) in [6.07, 6.45) is 0. The van der Waals surface area contributed by atoms with Crippen LogP contribution >= 0.6 is 0 Å². The summed E-state index contributed by atoms with van der Waals surface area (Å²) in [5, 5.41) is 2.55. The fourth-order valence-corrected chi connectivity index (χ4v) is 1.67. The molecule has 0 aliphatic heterocycles. The number of hydrogen-bond acceptors (Lipinski definition) is 2. The van der Waals surface area contributed by atoms with Crippen LogP contribution in [0.3, 0.4) is 0 Å². The van der Waals surface area contributed by atoms with Crippen LogP contribution in [-0.2, 0) is 0 Å². The molecule has 0 fully saturated rings. The van der Waals surface area contributed by atoms with Crippen molar-refractivity contribution in [2.75, 3.05) is 24.3 Å². The zero-order valence-electron chi connectivity index (χ0n) is 10.9. The number of nitrogens with one attached hydrogen (secondary N) is 1. The Bertz CT molecular complexity index is 579. The van der Waals surface area contributed by atoms with E-state index in [1.807, 2.05) is 31.1 Å². The Hall–Kier alpha value is -2.36. The smallest absolute Gasteiger partial charge is 0.255 e. The second-order valence-electron chi connectivity index (χ2n) is 4.38. The number of rotatable bonds is 3. The lowest BCUT2D eigenvalue weighted by atomic mass is 10.2. The lowest BCUT2D eigenvalue weighted by Gasteiger charge is -2.12. The summed E-state index contributed by atoms with van der Waals surface area (Å²) in [6, 6.07) is 13.2. The van der Waals surface area contributed by atoms with Crippen molar-refractivity contribution in [1.29, 1.82) is 0 Å². The highest BCUT2D eigenvalue weighted by Crippen LogP contribution is 2.16. The second-order valence-corrected chi connectivity index (χ2v) is 4.38. The zero-order valence-corrected chi connectivity index (χ0v) is 10.9. The maximum Gasteiger partial charge on any atom is 0.255 e. The standard InChI is InChI=1S/C15H15FN2O/c1-18(2)12-9-7-11(8-10-12)15(19)17-14-6-4-3-5-13(14)16/h3-10H,1-2H3,(H,17,19). The molecule has 3 nitrogen and oxygen atoms in total. The van der Waals surface area contributed by atoms with Crippen molar-refractivity contribution in [3.8, 4) is 0 Å². The fraction of sp³-hybridized carbons (Fsp3) is 0.133. The van der Waals surface area contributed by atoms with Gasteiger partial charge in [0.15, 0.2) is 0 Å². The maximum atomic E-state index is 13.4. The molecule has 0 unspecified atom stereocenters. The molecule has 98 valence electrons. The Balaban J connectivity index is 2.14. The predicted molar refractivity (Wildman–Crippen MR) is 75.1 cm³/mol. The van der Waals surface area contributed by atoms with Gasteiger partial charge in [0.1, 0.15) is 5.82 Å². The van der Waals surface area contributed by atoms with E-state index in [4.69, 9.17) is 0 Å². The largest absolute Gasteiger partial charge is 0.378 e. The predicted octanol–water partition coefficient (Wildman–Crippen LogP) is 3.14. The van der Waals surface area contributed by atoms with Crippen molar-refractivity contribution < 1.29 is 9.18 Å². The van der Waals surface area contributed by atoms with Crippen LogP contribution in [0.5, 0.6) is 0 Å². The molecule has 19 heavy (non-hydrogen) atoms. The molecule has 0 saturated carbocycles. The number of hydrogen-bond donors (Lipinski definition) is 1. The third kappa shape index (κ3) is 3.10. The Morgan fingerprint density at radius 3 is 2.26 bits per heavy atom. The van der Waals surface area contributed by atoms with Gasteiger partial charge in [-0.3, -0.25) is 4.79 Å². The van der Waals surface area contributed by atoms with Gasteiger partial charge >= 0.3 is 0 Å². The van der Waals surface area contributed by atoms with Gasteiger partial charge in [-0.25, -0.2) is 4.39 Å². The summed E-state index contributed by atoms with van der Waals surface area (Å²) in [5.74, 6) is -0.767. The first kappa shape index (κ1) is 13.1. The van der Waals surface area contributed by atoms with Crippen LogP contribution in [0.1, 0.15) is 10.4 Å². The number of carbonyl (C=O) groups excluding carboxylic acids is 1. The summed E-state index contributed by atoms with van der Waals surface area (Å²) in [4.78, 5) is 13.9. The highest BCUT2D eigenvalue weighted by atomic mass is 19.1. The summed E-state index contributed by atoms with van der Waals surface area (Å²) in [7, 11) is 3.85. The average molecular weight is 258 g/mol. The van der Waals surface area contributed by atoms with Gasteiger partial charge in [-0.05, 0) is 36.4 Å². The molecule has 0 aliphatic rings. The van der Waals surface area contributed by atoms with Gasteiger partial charge in [-0.1, -0.05) is 12.1 Å². The molecule has 2 rings (SSSR count). The van der Waals surface area contributed by atoms with Crippen molar-refractivity contribution in [3.63, 3.8) is 0 Å². The number of nitrogens with zero attached hydrogens (tertiary/aromatic N) is 1. The molecule has 4 heteroatoms. The number of carbonyl (C=O) groups is 1. The summed E-state index contributed by atoms with van der Waals surface area (Å²) >= 11 is 0. The average Bonchev–Trinajstić information content (AvgIpc) is 2.41. The van der Waals surface area contributed by atoms with Crippen LogP contribution in [0.2, 0.25) is 0 Å². The Morgan fingerprint density at radius 1 is 1.05 bits per heavy atom. The van der Waals surface area contributed by atoms with Crippen LogP contribution < -0.4 is 10.2 Å². The topological polar surface area (TPSA) is 32.3 Å². The molecule has 0 spiro atoms. The molecule has 0 heterocycles. The fourth-order valence-electron chi connectivity index (χ4n) is 1.67. The number of halogens is 1. The van der Waals surface area contributed by atoms with Gasteiger partial charge in [0, 0.05) is 25.3 Å². The maximum absolute atomic E-state index is 13.4. The lowest BCUT2D eigenvalue weighted by molar-refractivity contribution is 0.102. The number of benzene rings is 2. The van der Waals surface area contributed by atoms with Crippen molar-refractivity contribution in [1.82, 2.24) is 0 Å². The molecule has 2 aromatic carbocycles. The first-order valence-corrected chi connectivity index (χ1v) is 5.91. The van der Waals surface area contributed by atoms with E-state index in [1.54, 1.807) is 24.3 Å².